The Bertz CT molecular complexity index is 1320. The van der Waals surface area contributed by atoms with E-state index in [0.717, 1.165) is 5.69 Å². The summed E-state index contributed by atoms with van der Waals surface area (Å²) >= 11 is 12.4. The molecular formula is C24H21Cl2N7O2. The number of hydrogen-bond acceptors (Lipinski definition) is 9. The van der Waals surface area contributed by atoms with E-state index in [4.69, 9.17) is 32.4 Å². The van der Waals surface area contributed by atoms with E-state index in [1.165, 1.54) is 6.21 Å². The number of ether oxygens (including phenoxy) is 1. The van der Waals surface area contributed by atoms with Crippen molar-refractivity contribution in [1.82, 2.24) is 15.0 Å². The van der Waals surface area contributed by atoms with Crippen LogP contribution in [-0.4, -0.2) is 47.5 Å². The van der Waals surface area contributed by atoms with E-state index in [0.29, 0.717) is 71.3 Å². The van der Waals surface area contributed by atoms with Crippen LogP contribution in [0.15, 0.2) is 70.2 Å². The van der Waals surface area contributed by atoms with Gasteiger partial charge in [-0.3, -0.25) is 0 Å². The Morgan fingerprint density at radius 2 is 1.69 bits per heavy atom. The molecule has 1 aliphatic rings. The Balaban J connectivity index is 1.35. The molecule has 0 saturated carbocycles. The zero-order chi connectivity index (χ0) is 24.0. The number of para-hydroxylation sites is 1. The molecule has 35 heavy (non-hydrogen) atoms. The minimum Gasteiger partial charge on any atom is -0.455 e. The van der Waals surface area contributed by atoms with Gasteiger partial charge in [-0.05, 0) is 36.4 Å². The van der Waals surface area contributed by atoms with Gasteiger partial charge in [0.15, 0.2) is 0 Å². The van der Waals surface area contributed by atoms with Gasteiger partial charge in [-0.15, -0.1) is 0 Å². The van der Waals surface area contributed by atoms with Gasteiger partial charge in [0.2, 0.25) is 17.8 Å². The summed E-state index contributed by atoms with van der Waals surface area (Å²) in [7, 11) is 0. The second-order valence-electron chi connectivity index (χ2n) is 7.55. The number of anilines is 4. The van der Waals surface area contributed by atoms with Gasteiger partial charge in [0.25, 0.3) is 0 Å². The summed E-state index contributed by atoms with van der Waals surface area (Å²) in [6.45, 7) is 2.62. The molecule has 5 rings (SSSR count). The van der Waals surface area contributed by atoms with Crippen LogP contribution in [0.2, 0.25) is 10.0 Å². The number of nitrogens with one attached hydrogen (secondary N) is 2. The number of furan rings is 1. The maximum atomic E-state index is 6.29. The molecule has 0 atom stereocenters. The van der Waals surface area contributed by atoms with Crippen LogP contribution in [0.3, 0.4) is 0 Å². The largest absolute Gasteiger partial charge is 0.455 e. The van der Waals surface area contributed by atoms with Crippen LogP contribution in [0.5, 0.6) is 0 Å². The monoisotopic (exact) mass is 509 g/mol. The third-order valence-corrected chi connectivity index (χ3v) is 5.97. The Hall–Kier alpha value is -3.66. The highest BCUT2D eigenvalue weighted by Gasteiger charge is 2.17. The summed E-state index contributed by atoms with van der Waals surface area (Å²) in [5, 5.41) is 8.35. The van der Waals surface area contributed by atoms with E-state index in [1.807, 2.05) is 47.4 Å². The van der Waals surface area contributed by atoms with Gasteiger partial charge in [0.1, 0.15) is 11.5 Å². The van der Waals surface area contributed by atoms with Crippen LogP contribution >= 0.6 is 23.2 Å². The number of hydrazone groups is 1. The molecule has 2 aromatic carbocycles. The minimum atomic E-state index is 0.292. The molecule has 0 bridgehead atoms. The molecule has 1 saturated heterocycles. The number of halogens is 2. The van der Waals surface area contributed by atoms with Crippen molar-refractivity contribution >= 4 is 52.9 Å². The lowest BCUT2D eigenvalue weighted by molar-refractivity contribution is 0.122. The van der Waals surface area contributed by atoms with Crippen LogP contribution in [0.4, 0.5) is 23.5 Å². The smallest absolute Gasteiger partial charge is 0.250 e. The van der Waals surface area contributed by atoms with Crippen LogP contribution in [0, 0.1) is 0 Å². The van der Waals surface area contributed by atoms with Crippen LogP contribution < -0.4 is 15.6 Å². The van der Waals surface area contributed by atoms with Crippen molar-refractivity contribution in [3.05, 3.63) is 76.5 Å². The van der Waals surface area contributed by atoms with Gasteiger partial charge in [-0.2, -0.15) is 20.1 Å². The third-order valence-electron chi connectivity index (χ3n) is 5.15. The fourth-order valence-corrected chi connectivity index (χ4v) is 3.83. The van der Waals surface area contributed by atoms with E-state index in [-0.39, 0.29) is 0 Å². The quantitative estimate of drug-likeness (QED) is 0.250. The summed E-state index contributed by atoms with van der Waals surface area (Å²) < 4.78 is 11.3. The van der Waals surface area contributed by atoms with E-state index in [2.05, 4.69) is 30.8 Å². The second kappa shape index (κ2) is 10.7. The van der Waals surface area contributed by atoms with E-state index < -0.39 is 0 Å². The predicted octanol–water partition coefficient (Wildman–Crippen LogP) is 5.46. The summed E-state index contributed by atoms with van der Waals surface area (Å²) in [4.78, 5) is 15.6. The standard InChI is InChI=1S/C24H21Cl2N7O2/c25-19-8-4-7-18(21(19)26)20-10-9-17(35-20)15-27-32-23-29-22(28-16-5-2-1-3-6-16)30-24(31-23)33-11-13-34-14-12-33/h1-10,15H,11-14H2,(H2,28,29,30,31,32)/b27-15+. The Kier molecular flexibility index (Phi) is 7.08. The van der Waals surface area contributed by atoms with Crippen LogP contribution in [0.1, 0.15) is 5.76 Å². The first-order valence-electron chi connectivity index (χ1n) is 10.9. The SMILES string of the molecule is Clc1cccc(-c2ccc(/C=N/Nc3nc(Nc4ccccc4)nc(N4CCOCC4)n3)o2)c1Cl. The number of morpholine rings is 1. The molecule has 9 nitrogen and oxygen atoms in total. The fraction of sp³-hybridized carbons (Fsp3) is 0.167. The topological polar surface area (TPSA) is 101 Å². The van der Waals surface area contributed by atoms with E-state index in [9.17, 15) is 0 Å². The summed E-state index contributed by atoms with van der Waals surface area (Å²) in [5.41, 5.74) is 4.44. The highest BCUT2D eigenvalue weighted by molar-refractivity contribution is 6.43. The molecule has 0 amide bonds. The van der Waals surface area contributed by atoms with Crippen molar-refractivity contribution in [2.45, 2.75) is 0 Å². The van der Waals surface area contributed by atoms with E-state index >= 15 is 0 Å². The molecule has 3 heterocycles. The molecule has 0 aliphatic carbocycles. The maximum absolute atomic E-state index is 6.29. The molecule has 2 N–H and O–H groups in total. The second-order valence-corrected chi connectivity index (χ2v) is 8.33. The molecule has 0 unspecified atom stereocenters. The number of benzene rings is 2. The normalized spacial score (nSPS) is 13.8. The van der Waals surface area contributed by atoms with Crippen molar-refractivity contribution in [3.8, 4) is 11.3 Å². The Labute approximate surface area is 211 Å². The van der Waals surface area contributed by atoms with Gasteiger partial charge >= 0.3 is 0 Å². The molecule has 178 valence electrons. The van der Waals surface area contributed by atoms with Crippen molar-refractivity contribution in [1.29, 1.82) is 0 Å². The average molecular weight is 510 g/mol. The third kappa shape index (κ3) is 5.71. The summed E-state index contributed by atoms with van der Waals surface area (Å²) in [5.74, 6) is 2.34. The first-order chi connectivity index (χ1) is 17.2. The maximum Gasteiger partial charge on any atom is 0.250 e. The lowest BCUT2D eigenvalue weighted by atomic mass is 10.2. The van der Waals surface area contributed by atoms with Gasteiger partial charge in [-0.1, -0.05) is 47.5 Å². The number of rotatable bonds is 7. The molecule has 11 heteroatoms. The minimum absolute atomic E-state index is 0.292. The van der Waals surface area contributed by atoms with Gasteiger partial charge in [0, 0.05) is 24.3 Å². The van der Waals surface area contributed by atoms with Gasteiger partial charge < -0.3 is 19.4 Å². The van der Waals surface area contributed by atoms with Crippen molar-refractivity contribution in [3.63, 3.8) is 0 Å². The lowest BCUT2D eigenvalue weighted by Gasteiger charge is -2.27. The summed E-state index contributed by atoms with van der Waals surface area (Å²) in [6.07, 6.45) is 1.53. The number of nitrogens with zero attached hydrogens (tertiary/aromatic N) is 5. The fourth-order valence-electron chi connectivity index (χ4n) is 3.44. The first kappa shape index (κ1) is 23.1. The van der Waals surface area contributed by atoms with Crippen molar-refractivity contribution < 1.29 is 9.15 Å². The molecule has 4 aromatic rings. The molecule has 1 aliphatic heterocycles. The lowest BCUT2D eigenvalue weighted by Crippen LogP contribution is -2.37. The van der Waals surface area contributed by atoms with Gasteiger partial charge in [-0.25, -0.2) is 5.43 Å². The Morgan fingerprint density at radius 1 is 0.886 bits per heavy atom. The first-order valence-corrected chi connectivity index (χ1v) is 11.7. The van der Waals surface area contributed by atoms with Crippen molar-refractivity contribution in [2.75, 3.05) is 41.9 Å². The van der Waals surface area contributed by atoms with E-state index in [1.54, 1.807) is 18.2 Å². The Morgan fingerprint density at radius 3 is 2.51 bits per heavy atom. The molecular weight excluding hydrogens is 489 g/mol. The molecule has 0 radical (unpaired) electrons. The van der Waals surface area contributed by atoms with Crippen LogP contribution in [0.25, 0.3) is 11.3 Å². The van der Waals surface area contributed by atoms with Crippen LogP contribution in [-0.2, 0) is 4.74 Å². The number of aromatic nitrogens is 3. The molecule has 0 spiro atoms. The van der Waals surface area contributed by atoms with Crippen molar-refractivity contribution in [2.24, 2.45) is 5.10 Å². The number of hydrogen-bond donors (Lipinski definition) is 2. The predicted molar refractivity (Wildman–Crippen MR) is 138 cm³/mol. The highest BCUT2D eigenvalue weighted by atomic mass is 35.5. The molecule has 1 fully saturated rings. The van der Waals surface area contributed by atoms with Gasteiger partial charge in [0.05, 0.1) is 29.5 Å². The zero-order valence-corrected chi connectivity index (χ0v) is 20.0. The summed E-state index contributed by atoms with van der Waals surface area (Å²) in [6, 6.07) is 18.7. The average Bonchev–Trinajstić information content (AvgIpc) is 3.35. The highest BCUT2D eigenvalue weighted by Crippen LogP contribution is 2.34. The zero-order valence-electron chi connectivity index (χ0n) is 18.5. The molecule has 2 aromatic heterocycles.